The normalized spacial score (nSPS) is 16.0. The van der Waals surface area contributed by atoms with Gasteiger partial charge in [0.2, 0.25) is 18.6 Å². The average Bonchev–Trinajstić information content (AvgIpc) is 3.55. The topological polar surface area (TPSA) is 67.9 Å². The van der Waals surface area contributed by atoms with Gasteiger partial charge in [0.05, 0.1) is 6.42 Å². The van der Waals surface area contributed by atoms with Crippen LogP contribution in [0.2, 0.25) is 0 Å². The molecule has 2 aliphatic rings. The number of ether oxygens (including phenoxy) is 2. The Hall–Kier alpha value is -3.39. The third kappa shape index (κ3) is 5.32. The molecular formula is C27H27FN2O4S. The Morgan fingerprint density at radius 3 is 2.54 bits per heavy atom. The number of fused-ring (bicyclic) bond motifs is 1. The Kier molecular flexibility index (Phi) is 6.99. The van der Waals surface area contributed by atoms with Crippen LogP contribution in [0.3, 0.4) is 0 Å². The van der Waals surface area contributed by atoms with Gasteiger partial charge in [-0.15, -0.1) is 11.3 Å². The summed E-state index contributed by atoms with van der Waals surface area (Å²) < 4.78 is 24.8. The zero-order valence-electron chi connectivity index (χ0n) is 19.2. The molecule has 0 spiro atoms. The number of rotatable bonds is 7. The Morgan fingerprint density at radius 2 is 1.80 bits per heavy atom. The van der Waals surface area contributed by atoms with Crippen LogP contribution < -0.4 is 19.7 Å². The summed E-state index contributed by atoms with van der Waals surface area (Å²) in [5, 5.41) is 5.09. The van der Waals surface area contributed by atoms with Crippen molar-refractivity contribution in [2.45, 2.75) is 50.6 Å². The van der Waals surface area contributed by atoms with E-state index in [1.807, 2.05) is 17.5 Å². The SMILES string of the molecule is O=C(NC1CCCCC1)[C@@H](c1ccc(F)cc1)N(C(=O)Cc1cccs1)c1ccc2c(c1)OCO2. The Balaban J connectivity index is 1.55. The summed E-state index contributed by atoms with van der Waals surface area (Å²) >= 11 is 1.49. The molecule has 1 fully saturated rings. The molecule has 0 bridgehead atoms. The van der Waals surface area contributed by atoms with E-state index in [0.29, 0.717) is 22.7 Å². The van der Waals surface area contributed by atoms with Crippen LogP contribution in [0.4, 0.5) is 10.1 Å². The molecule has 5 rings (SSSR count). The van der Waals surface area contributed by atoms with Crippen molar-refractivity contribution in [1.29, 1.82) is 0 Å². The van der Waals surface area contributed by atoms with E-state index in [9.17, 15) is 14.0 Å². The highest BCUT2D eigenvalue weighted by Crippen LogP contribution is 2.38. The summed E-state index contributed by atoms with van der Waals surface area (Å²) in [7, 11) is 0. The fourth-order valence-corrected chi connectivity index (χ4v) is 5.41. The van der Waals surface area contributed by atoms with Crippen molar-refractivity contribution >= 4 is 28.8 Å². The minimum atomic E-state index is -0.967. The highest BCUT2D eigenvalue weighted by Gasteiger charge is 2.35. The van der Waals surface area contributed by atoms with Crippen LogP contribution in [0.1, 0.15) is 48.6 Å². The first-order valence-corrected chi connectivity index (χ1v) is 12.8. The molecule has 182 valence electrons. The summed E-state index contributed by atoms with van der Waals surface area (Å²) in [6.45, 7) is 0.103. The molecule has 1 aromatic heterocycles. The van der Waals surface area contributed by atoms with Crippen LogP contribution in [0.5, 0.6) is 11.5 Å². The zero-order valence-corrected chi connectivity index (χ0v) is 20.1. The fourth-order valence-electron chi connectivity index (χ4n) is 4.71. The Labute approximate surface area is 207 Å². The Bertz CT molecular complexity index is 1180. The molecule has 2 heterocycles. The first-order chi connectivity index (χ1) is 17.1. The number of carbonyl (C=O) groups excluding carboxylic acids is 2. The quantitative estimate of drug-likeness (QED) is 0.479. The first-order valence-electron chi connectivity index (χ1n) is 11.9. The van der Waals surface area contributed by atoms with Crippen molar-refractivity contribution in [3.63, 3.8) is 0 Å². The molecule has 1 aliphatic carbocycles. The first kappa shape index (κ1) is 23.4. The summed E-state index contributed by atoms with van der Waals surface area (Å²) in [5.74, 6) is 0.186. The number of hydrogen-bond acceptors (Lipinski definition) is 5. The summed E-state index contributed by atoms with van der Waals surface area (Å²) in [6, 6.07) is 13.9. The van der Waals surface area contributed by atoms with Crippen LogP contribution in [0, 0.1) is 5.82 Å². The molecule has 1 atom stereocenters. The molecule has 2 amide bonds. The second kappa shape index (κ2) is 10.5. The van der Waals surface area contributed by atoms with Gasteiger partial charge >= 0.3 is 0 Å². The summed E-state index contributed by atoms with van der Waals surface area (Å²) in [5.41, 5.74) is 1.06. The van der Waals surface area contributed by atoms with Gasteiger partial charge in [0, 0.05) is 22.7 Å². The number of anilines is 1. The van der Waals surface area contributed by atoms with E-state index in [2.05, 4.69) is 5.32 Å². The smallest absolute Gasteiger partial charge is 0.248 e. The van der Waals surface area contributed by atoms with Gasteiger partial charge in [0.15, 0.2) is 11.5 Å². The highest BCUT2D eigenvalue weighted by atomic mass is 32.1. The number of thiophene rings is 1. The minimum Gasteiger partial charge on any atom is -0.454 e. The molecule has 0 radical (unpaired) electrons. The molecule has 0 saturated heterocycles. The minimum absolute atomic E-state index is 0.0604. The van der Waals surface area contributed by atoms with Crippen LogP contribution in [0.25, 0.3) is 0 Å². The molecule has 1 N–H and O–H groups in total. The van der Waals surface area contributed by atoms with Crippen molar-refractivity contribution in [3.05, 3.63) is 76.2 Å². The predicted octanol–water partition coefficient (Wildman–Crippen LogP) is 5.38. The van der Waals surface area contributed by atoms with Gasteiger partial charge in [-0.1, -0.05) is 37.5 Å². The van der Waals surface area contributed by atoms with Gasteiger partial charge in [-0.3, -0.25) is 14.5 Å². The second-order valence-corrected chi connectivity index (χ2v) is 9.89. The van der Waals surface area contributed by atoms with Crippen LogP contribution >= 0.6 is 11.3 Å². The number of nitrogens with zero attached hydrogens (tertiary/aromatic N) is 1. The Morgan fingerprint density at radius 1 is 1.03 bits per heavy atom. The lowest BCUT2D eigenvalue weighted by atomic mass is 9.94. The number of hydrogen-bond donors (Lipinski definition) is 1. The molecular weight excluding hydrogens is 467 g/mol. The van der Waals surface area contributed by atoms with Gasteiger partial charge in [0.25, 0.3) is 0 Å². The van der Waals surface area contributed by atoms with Crippen molar-refractivity contribution in [2.24, 2.45) is 0 Å². The average molecular weight is 495 g/mol. The molecule has 35 heavy (non-hydrogen) atoms. The maximum absolute atomic E-state index is 13.8. The lowest BCUT2D eigenvalue weighted by Crippen LogP contribution is -2.47. The van der Waals surface area contributed by atoms with Crippen LogP contribution in [-0.4, -0.2) is 24.6 Å². The van der Waals surface area contributed by atoms with Gasteiger partial charge < -0.3 is 14.8 Å². The summed E-state index contributed by atoms with van der Waals surface area (Å²) in [4.78, 5) is 30.0. The van der Waals surface area contributed by atoms with Gasteiger partial charge in [-0.25, -0.2) is 4.39 Å². The van der Waals surface area contributed by atoms with E-state index in [1.54, 1.807) is 30.3 Å². The number of amides is 2. The largest absolute Gasteiger partial charge is 0.454 e. The van der Waals surface area contributed by atoms with E-state index >= 15 is 0 Å². The van der Waals surface area contributed by atoms with Crippen molar-refractivity contribution in [3.8, 4) is 11.5 Å². The number of carbonyl (C=O) groups is 2. The molecule has 6 nitrogen and oxygen atoms in total. The summed E-state index contributed by atoms with van der Waals surface area (Å²) in [6.07, 6.45) is 5.26. The van der Waals surface area contributed by atoms with E-state index in [1.165, 1.54) is 28.4 Å². The van der Waals surface area contributed by atoms with Crippen molar-refractivity contribution in [1.82, 2.24) is 5.32 Å². The molecule has 3 aromatic rings. The standard InChI is InChI=1S/C27H27FN2O4S/c28-19-10-8-18(9-11-19)26(27(32)29-20-5-2-1-3-6-20)30(25(31)16-22-7-4-14-35-22)21-12-13-23-24(15-21)34-17-33-23/h4,7-15,20,26H,1-3,5-6,16-17H2,(H,29,32)/t26-/m1/s1. The maximum atomic E-state index is 13.8. The second-order valence-electron chi connectivity index (χ2n) is 8.86. The van der Waals surface area contributed by atoms with Gasteiger partial charge in [-0.2, -0.15) is 0 Å². The lowest BCUT2D eigenvalue weighted by Gasteiger charge is -2.33. The third-order valence-electron chi connectivity index (χ3n) is 6.45. The fraction of sp³-hybridized carbons (Fsp3) is 0.333. The van der Waals surface area contributed by atoms with Gasteiger partial charge in [0.1, 0.15) is 11.9 Å². The third-order valence-corrected chi connectivity index (χ3v) is 7.33. The van der Waals surface area contributed by atoms with Crippen molar-refractivity contribution < 1.29 is 23.5 Å². The zero-order chi connectivity index (χ0) is 24.2. The van der Waals surface area contributed by atoms with Crippen molar-refractivity contribution in [2.75, 3.05) is 11.7 Å². The van der Waals surface area contributed by atoms with E-state index in [-0.39, 0.29) is 31.1 Å². The number of nitrogens with one attached hydrogen (secondary N) is 1. The van der Waals surface area contributed by atoms with E-state index in [0.717, 1.165) is 37.0 Å². The van der Waals surface area contributed by atoms with E-state index < -0.39 is 11.9 Å². The monoisotopic (exact) mass is 494 g/mol. The number of benzene rings is 2. The molecule has 1 saturated carbocycles. The van der Waals surface area contributed by atoms with Crippen LogP contribution in [-0.2, 0) is 16.0 Å². The van der Waals surface area contributed by atoms with Crippen LogP contribution in [0.15, 0.2) is 60.0 Å². The highest BCUT2D eigenvalue weighted by molar-refractivity contribution is 7.10. The number of halogens is 1. The molecule has 1 aliphatic heterocycles. The lowest BCUT2D eigenvalue weighted by molar-refractivity contribution is -0.127. The maximum Gasteiger partial charge on any atom is 0.248 e. The predicted molar refractivity (Wildman–Crippen MR) is 132 cm³/mol. The molecule has 8 heteroatoms. The van der Waals surface area contributed by atoms with Gasteiger partial charge in [-0.05, 0) is 54.1 Å². The molecule has 0 unspecified atom stereocenters. The molecule has 2 aromatic carbocycles. The van der Waals surface area contributed by atoms with E-state index in [4.69, 9.17) is 9.47 Å².